The van der Waals surface area contributed by atoms with Crippen LogP contribution in [-0.2, 0) is 0 Å². The zero-order valence-electron chi connectivity index (χ0n) is 11.6. The van der Waals surface area contributed by atoms with Crippen molar-refractivity contribution in [2.24, 2.45) is 0 Å². The monoisotopic (exact) mass is 281 g/mol. The minimum atomic E-state index is -0.559. The summed E-state index contributed by atoms with van der Waals surface area (Å²) < 4.78 is 27.8. The Balaban J connectivity index is 1.69. The second kappa shape index (κ2) is 5.56. The molecule has 20 heavy (non-hydrogen) atoms. The molecule has 3 nitrogen and oxygen atoms in total. The summed E-state index contributed by atoms with van der Waals surface area (Å²) in [5, 5.41) is 0. The molecule has 2 aliphatic rings. The maximum atomic E-state index is 13.9. The fraction of sp³-hybridized carbons (Fsp3) is 0.600. The van der Waals surface area contributed by atoms with Crippen LogP contribution in [0.2, 0.25) is 0 Å². The van der Waals surface area contributed by atoms with Gasteiger partial charge in [0.15, 0.2) is 11.6 Å². The van der Waals surface area contributed by atoms with Gasteiger partial charge in [-0.15, -0.1) is 0 Å². The lowest BCUT2D eigenvalue weighted by Crippen LogP contribution is -2.50. The van der Waals surface area contributed by atoms with Gasteiger partial charge in [0, 0.05) is 37.9 Å². The van der Waals surface area contributed by atoms with Gasteiger partial charge >= 0.3 is 0 Å². The third-order valence-corrected chi connectivity index (χ3v) is 4.51. The van der Waals surface area contributed by atoms with Gasteiger partial charge in [0.1, 0.15) is 5.69 Å². The molecule has 1 aliphatic carbocycles. The summed E-state index contributed by atoms with van der Waals surface area (Å²) in [6.45, 7) is 3.12. The molecule has 110 valence electrons. The first-order valence-corrected chi connectivity index (χ1v) is 7.38. The van der Waals surface area contributed by atoms with Crippen LogP contribution in [0.15, 0.2) is 12.1 Å². The Morgan fingerprint density at radius 2 is 1.50 bits per heavy atom. The number of nitrogens with two attached hydrogens (primary N) is 1. The smallest absolute Gasteiger partial charge is 0.151 e. The van der Waals surface area contributed by atoms with Crippen molar-refractivity contribution in [3.05, 3.63) is 23.8 Å². The lowest BCUT2D eigenvalue weighted by Gasteiger charge is -2.39. The molecule has 1 saturated carbocycles. The van der Waals surface area contributed by atoms with Gasteiger partial charge in [0.25, 0.3) is 0 Å². The minimum absolute atomic E-state index is 0.0743. The first-order valence-electron chi connectivity index (χ1n) is 7.38. The average molecular weight is 281 g/mol. The predicted octanol–water partition coefficient (Wildman–Crippen LogP) is 2.61. The van der Waals surface area contributed by atoms with Crippen molar-refractivity contribution in [2.75, 3.05) is 36.8 Å². The number of nitrogen functional groups attached to an aromatic ring is 1. The van der Waals surface area contributed by atoms with Gasteiger partial charge in [-0.1, -0.05) is 12.8 Å². The first-order chi connectivity index (χ1) is 9.65. The Bertz CT molecular complexity index is 455. The third kappa shape index (κ3) is 2.59. The molecule has 0 unspecified atom stereocenters. The lowest BCUT2D eigenvalue weighted by molar-refractivity contribution is 0.187. The molecule has 1 aromatic carbocycles. The highest BCUT2D eigenvalue weighted by Crippen LogP contribution is 2.29. The molecule has 0 bridgehead atoms. The summed E-state index contributed by atoms with van der Waals surface area (Å²) in [5.74, 6) is -1.12. The van der Waals surface area contributed by atoms with Gasteiger partial charge in [-0.2, -0.15) is 0 Å². The van der Waals surface area contributed by atoms with Crippen LogP contribution < -0.4 is 10.6 Å². The van der Waals surface area contributed by atoms with Crippen molar-refractivity contribution < 1.29 is 8.78 Å². The van der Waals surface area contributed by atoms with Crippen LogP contribution in [0.3, 0.4) is 0 Å². The van der Waals surface area contributed by atoms with Crippen LogP contribution in [-0.4, -0.2) is 37.1 Å². The summed E-state index contributed by atoms with van der Waals surface area (Å²) in [7, 11) is 0. The summed E-state index contributed by atoms with van der Waals surface area (Å²) >= 11 is 0. The molecule has 1 heterocycles. The highest BCUT2D eigenvalue weighted by molar-refractivity contribution is 5.56. The molecule has 2 fully saturated rings. The van der Waals surface area contributed by atoms with Gasteiger partial charge < -0.3 is 10.6 Å². The van der Waals surface area contributed by atoms with Crippen molar-refractivity contribution >= 4 is 11.4 Å². The summed E-state index contributed by atoms with van der Waals surface area (Å²) in [5.41, 5.74) is 5.66. The highest BCUT2D eigenvalue weighted by Gasteiger charge is 2.28. The number of hydrogen-bond donors (Lipinski definition) is 1. The normalized spacial score (nSPS) is 21.6. The van der Waals surface area contributed by atoms with Crippen LogP contribution in [0.5, 0.6) is 0 Å². The summed E-state index contributed by atoms with van der Waals surface area (Å²) in [6.07, 6.45) is 5.16. The van der Waals surface area contributed by atoms with E-state index in [1.807, 2.05) is 0 Å². The maximum absolute atomic E-state index is 13.9. The molecule has 1 aromatic rings. The van der Waals surface area contributed by atoms with E-state index in [1.54, 1.807) is 4.90 Å². The van der Waals surface area contributed by atoms with Crippen molar-refractivity contribution in [3.63, 3.8) is 0 Å². The number of rotatable bonds is 2. The number of nitrogens with zero attached hydrogens (tertiary/aromatic N) is 2. The molecule has 2 N–H and O–H groups in total. The number of piperazine rings is 1. The Kier molecular flexibility index (Phi) is 3.78. The van der Waals surface area contributed by atoms with E-state index < -0.39 is 11.6 Å². The van der Waals surface area contributed by atoms with Crippen molar-refractivity contribution in [2.45, 2.75) is 31.7 Å². The molecule has 0 radical (unpaired) electrons. The van der Waals surface area contributed by atoms with Crippen LogP contribution in [0, 0.1) is 11.6 Å². The second-order valence-electron chi connectivity index (χ2n) is 5.79. The van der Waals surface area contributed by atoms with E-state index in [2.05, 4.69) is 4.90 Å². The van der Waals surface area contributed by atoms with E-state index in [0.717, 1.165) is 13.1 Å². The molecule has 0 atom stereocenters. The standard InChI is InChI=1S/C15H21F2N3/c16-13-9-11(18)10-14(17)15(13)20-7-5-19(6-8-20)12-3-1-2-4-12/h9-10,12H,1-8,18H2. The van der Waals surface area contributed by atoms with E-state index in [0.29, 0.717) is 19.1 Å². The quantitative estimate of drug-likeness (QED) is 0.846. The fourth-order valence-corrected chi connectivity index (χ4v) is 3.47. The SMILES string of the molecule is Nc1cc(F)c(N2CCN(C3CCCC3)CC2)c(F)c1. The molecule has 0 amide bonds. The number of halogens is 2. The molecule has 3 rings (SSSR count). The number of anilines is 2. The summed E-state index contributed by atoms with van der Waals surface area (Å²) in [6, 6.07) is 3.07. The highest BCUT2D eigenvalue weighted by atomic mass is 19.1. The van der Waals surface area contributed by atoms with Gasteiger partial charge in [-0.3, -0.25) is 4.90 Å². The Morgan fingerprint density at radius 1 is 0.950 bits per heavy atom. The van der Waals surface area contributed by atoms with E-state index in [1.165, 1.54) is 37.8 Å². The topological polar surface area (TPSA) is 32.5 Å². The predicted molar refractivity (Wildman–Crippen MR) is 76.8 cm³/mol. The largest absolute Gasteiger partial charge is 0.399 e. The third-order valence-electron chi connectivity index (χ3n) is 4.51. The van der Waals surface area contributed by atoms with Gasteiger partial charge in [0.05, 0.1) is 0 Å². The zero-order chi connectivity index (χ0) is 14.1. The van der Waals surface area contributed by atoms with Gasteiger partial charge in [-0.25, -0.2) is 8.78 Å². The minimum Gasteiger partial charge on any atom is -0.399 e. The molecule has 5 heteroatoms. The van der Waals surface area contributed by atoms with Gasteiger partial charge in [0.2, 0.25) is 0 Å². The van der Waals surface area contributed by atoms with Gasteiger partial charge in [-0.05, 0) is 25.0 Å². The molecule has 1 saturated heterocycles. The van der Waals surface area contributed by atoms with E-state index >= 15 is 0 Å². The molecule has 0 spiro atoms. The van der Waals surface area contributed by atoms with Crippen LogP contribution in [0.25, 0.3) is 0 Å². The Morgan fingerprint density at radius 3 is 2.05 bits per heavy atom. The van der Waals surface area contributed by atoms with Crippen molar-refractivity contribution in [1.82, 2.24) is 4.90 Å². The number of hydrogen-bond acceptors (Lipinski definition) is 3. The fourth-order valence-electron chi connectivity index (χ4n) is 3.47. The number of benzene rings is 1. The van der Waals surface area contributed by atoms with E-state index in [-0.39, 0.29) is 11.4 Å². The molecular formula is C15H21F2N3. The van der Waals surface area contributed by atoms with Crippen LogP contribution in [0.1, 0.15) is 25.7 Å². The zero-order valence-corrected chi connectivity index (χ0v) is 11.6. The van der Waals surface area contributed by atoms with Crippen molar-refractivity contribution in [1.29, 1.82) is 0 Å². The van der Waals surface area contributed by atoms with E-state index in [4.69, 9.17) is 5.73 Å². The Hall–Kier alpha value is -1.36. The molecular weight excluding hydrogens is 260 g/mol. The summed E-state index contributed by atoms with van der Waals surface area (Å²) in [4.78, 5) is 4.27. The first kappa shape index (κ1) is 13.6. The molecule has 0 aromatic heterocycles. The van der Waals surface area contributed by atoms with Crippen molar-refractivity contribution in [3.8, 4) is 0 Å². The maximum Gasteiger partial charge on any atom is 0.151 e. The Labute approximate surface area is 118 Å². The second-order valence-corrected chi connectivity index (χ2v) is 5.79. The molecule has 1 aliphatic heterocycles. The average Bonchev–Trinajstić information content (AvgIpc) is 2.92. The lowest BCUT2D eigenvalue weighted by atomic mass is 10.1. The van der Waals surface area contributed by atoms with Crippen LogP contribution in [0.4, 0.5) is 20.2 Å². The van der Waals surface area contributed by atoms with E-state index in [9.17, 15) is 8.78 Å². The van der Waals surface area contributed by atoms with Crippen LogP contribution >= 0.6 is 0 Å².